The molecule has 0 rings (SSSR count). The molecule has 14 nitrogen and oxygen atoms in total. The molecule has 0 aliphatic rings. The lowest BCUT2D eigenvalue weighted by Gasteiger charge is -2.25. The highest BCUT2D eigenvalue weighted by molar-refractivity contribution is 7.98. The van der Waals surface area contributed by atoms with Crippen LogP contribution in [0.15, 0.2) is 4.99 Å². The number of thioether (sulfide) groups is 1. The van der Waals surface area contributed by atoms with Gasteiger partial charge in [-0.25, -0.2) is 4.79 Å². The number of aliphatic carboxylic acids is 2. The lowest BCUT2D eigenvalue weighted by Crippen LogP contribution is -2.57. The van der Waals surface area contributed by atoms with E-state index in [1.54, 1.807) is 13.8 Å². The molecule has 0 bridgehead atoms. The van der Waals surface area contributed by atoms with Crippen LogP contribution in [-0.2, 0) is 24.0 Å². The highest BCUT2D eigenvalue weighted by Gasteiger charge is 2.30. The van der Waals surface area contributed by atoms with Gasteiger partial charge in [-0.15, -0.1) is 0 Å². The van der Waals surface area contributed by atoms with E-state index in [9.17, 15) is 29.1 Å². The average Bonchev–Trinajstić information content (AvgIpc) is 2.79. The number of aliphatic imine (C=N–C) groups is 1. The highest BCUT2D eigenvalue weighted by Crippen LogP contribution is 2.07. The van der Waals surface area contributed by atoms with Gasteiger partial charge in [-0.1, -0.05) is 13.8 Å². The highest BCUT2D eigenvalue weighted by atomic mass is 32.2. The second-order valence-electron chi connectivity index (χ2n) is 8.45. The van der Waals surface area contributed by atoms with Crippen molar-refractivity contribution in [3.8, 4) is 0 Å². The Morgan fingerprint density at radius 3 is 1.86 bits per heavy atom. The summed E-state index contributed by atoms with van der Waals surface area (Å²) in [6.45, 7) is 3.66. The van der Waals surface area contributed by atoms with E-state index < -0.39 is 60.2 Å². The van der Waals surface area contributed by atoms with Gasteiger partial charge in [0, 0.05) is 13.0 Å². The van der Waals surface area contributed by atoms with E-state index in [-0.39, 0.29) is 44.1 Å². The Labute approximate surface area is 214 Å². The number of rotatable bonds is 18. The largest absolute Gasteiger partial charge is 0.481 e. The van der Waals surface area contributed by atoms with Crippen LogP contribution in [0.1, 0.15) is 46.0 Å². The SMILES string of the molecule is CSCCC(NC(=O)C(N)C(C)C)C(=O)NC(CCC(=O)O)C(=O)NC(CCCN=C(N)N)C(=O)O. The lowest BCUT2D eigenvalue weighted by atomic mass is 10.0. The number of amides is 3. The minimum Gasteiger partial charge on any atom is -0.481 e. The standard InChI is InChI=1S/C21H39N7O7S/c1-11(2)16(22)19(33)27-13(8-10-36-3)18(32)26-12(6-7-15(29)30)17(31)28-14(20(34)35)5-4-9-25-21(23)24/h11-14,16H,4-10,22H2,1-3H3,(H,26,32)(H,27,33)(H,28,31)(H,29,30)(H,34,35)(H4,23,24,25). The van der Waals surface area contributed by atoms with Crippen molar-refractivity contribution in [2.45, 2.75) is 70.1 Å². The van der Waals surface area contributed by atoms with Crippen molar-refractivity contribution in [2.24, 2.45) is 28.1 Å². The van der Waals surface area contributed by atoms with Gasteiger partial charge in [0.25, 0.3) is 0 Å². The number of hydrogen-bond donors (Lipinski definition) is 8. The maximum Gasteiger partial charge on any atom is 0.326 e. The quantitative estimate of drug-likeness (QED) is 0.0553. The minimum atomic E-state index is -1.35. The van der Waals surface area contributed by atoms with Crippen LogP contribution in [0.4, 0.5) is 0 Å². The summed E-state index contributed by atoms with van der Waals surface area (Å²) in [5.74, 6) is -4.45. The van der Waals surface area contributed by atoms with Crippen LogP contribution in [0.5, 0.6) is 0 Å². The number of carbonyl (C=O) groups is 5. The van der Waals surface area contributed by atoms with Crippen LogP contribution < -0.4 is 33.2 Å². The molecule has 4 atom stereocenters. The third kappa shape index (κ3) is 13.7. The fraction of sp³-hybridized carbons (Fsp3) is 0.714. The first kappa shape index (κ1) is 32.9. The molecule has 11 N–H and O–H groups in total. The fourth-order valence-electron chi connectivity index (χ4n) is 2.92. The Morgan fingerprint density at radius 1 is 0.861 bits per heavy atom. The number of guanidine groups is 1. The Morgan fingerprint density at radius 2 is 1.39 bits per heavy atom. The van der Waals surface area contributed by atoms with E-state index in [2.05, 4.69) is 20.9 Å². The molecule has 0 aliphatic heterocycles. The summed E-state index contributed by atoms with van der Waals surface area (Å²) >= 11 is 1.44. The Hall–Kier alpha value is -3.07. The summed E-state index contributed by atoms with van der Waals surface area (Å²) in [5.41, 5.74) is 16.3. The van der Waals surface area contributed by atoms with Crippen LogP contribution in [0.25, 0.3) is 0 Å². The third-order valence-electron chi connectivity index (χ3n) is 5.10. The molecular formula is C21H39N7O7S. The van der Waals surface area contributed by atoms with Crippen LogP contribution >= 0.6 is 11.8 Å². The summed E-state index contributed by atoms with van der Waals surface area (Å²) in [5, 5.41) is 25.9. The zero-order valence-corrected chi connectivity index (χ0v) is 21.7. The molecule has 0 aromatic carbocycles. The van der Waals surface area contributed by atoms with Gasteiger partial charge in [0.2, 0.25) is 17.7 Å². The Kier molecular flexibility index (Phi) is 15.9. The van der Waals surface area contributed by atoms with Gasteiger partial charge in [0.05, 0.1) is 6.04 Å². The molecule has 0 aromatic heterocycles. The van der Waals surface area contributed by atoms with E-state index in [4.69, 9.17) is 22.3 Å². The number of hydrogen-bond acceptors (Lipinski definition) is 8. The molecule has 15 heteroatoms. The van der Waals surface area contributed by atoms with Crippen LogP contribution in [0.2, 0.25) is 0 Å². The van der Waals surface area contributed by atoms with Crippen molar-refractivity contribution in [1.29, 1.82) is 0 Å². The summed E-state index contributed by atoms with van der Waals surface area (Å²) in [4.78, 5) is 64.7. The summed E-state index contributed by atoms with van der Waals surface area (Å²) in [6.07, 6.45) is 1.55. The maximum absolute atomic E-state index is 13.0. The van der Waals surface area contributed by atoms with Crippen molar-refractivity contribution in [1.82, 2.24) is 16.0 Å². The van der Waals surface area contributed by atoms with Gasteiger partial charge in [0.15, 0.2) is 5.96 Å². The van der Waals surface area contributed by atoms with Gasteiger partial charge in [-0.2, -0.15) is 11.8 Å². The maximum atomic E-state index is 13.0. The normalized spacial score (nSPS) is 14.1. The Balaban J connectivity index is 5.51. The molecule has 206 valence electrons. The average molecular weight is 534 g/mol. The fourth-order valence-corrected chi connectivity index (χ4v) is 3.39. The van der Waals surface area contributed by atoms with Crippen LogP contribution in [0.3, 0.4) is 0 Å². The second kappa shape index (κ2) is 17.4. The molecule has 0 aliphatic carbocycles. The van der Waals surface area contributed by atoms with E-state index in [0.29, 0.717) is 5.75 Å². The molecule has 0 saturated carbocycles. The van der Waals surface area contributed by atoms with Gasteiger partial charge < -0.3 is 43.4 Å². The molecule has 0 spiro atoms. The number of nitrogens with zero attached hydrogens (tertiary/aromatic N) is 1. The van der Waals surface area contributed by atoms with E-state index in [0.717, 1.165) is 0 Å². The first-order chi connectivity index (χ1) is 16.8. The van der Waals surface area contributed by atoms with E-state index in [1.165, 1.54) is 11.8 Å². The topological polar surface area (TPSA) is 252 Å². The molecule has 0 fully saturated rings. The van der Waals surface area contributed by atoms with Crippen LogP contribution in [0, 0.1) is 5.92 Å². The van der Waals surface area contributed by atoms with Crippen molar-refractivity contribution in [3.63, 3.8) is 0 Å². The first-order valence-corrected chi connectivity index (χ1v) is 12.8. The van der Waals surface area contributed by atoms with Gasteiger partial charge >= 0.3 is 11.9 Å². The molecule has 0 aromatic rings. The van der Waals surface area contributed by atoms with Gasteiger partial charge in [-0.3, -0.25) is 24.2 Å². The predicted molar refractivity (Wildman–Crippen MR) is 136 cm³/mol. The van der Waals surface area contributed by atoms with E-state index >= 15 is 0 Å². The number of carboxylic acid groups (broad SMARTS) is 2. The van der Waals surface area contributed by atoms with Crippen molar-refractivity contribution >= 4 is 47.4 Å². The number of nitrogens with one attached hydrogen (secondary N) is 3. The molecule has 4 unspecified atom stereocenters. The molecule has 0 heterocycles. The first-order valence-electron chi connectivity index (χ1n) is 11.5. The molecule has 3 amide bonds. The van der Waals surface area contributed by atoms with Crippen molar-refractivity contribution < 1.29 is 34.2 Å². The predicted octanol–water partition coefficient (Wildman–Crippen LogP) is -1.82. The molecule has 36 heavy (non-hydrogen) atoms. The van der Waals surface area contributed by atoms with Gasteiger partial charge in [-0.05, 0) is 43.6 Å². The zero-order valence-electron chi connectivity index (χ0n) is 20.9. The van der Waals surface area contributed by atoms with E-state index in [1.807, 2.05) is 6.26 Å². The monoisotopic (exact) mass is 533 g/mol. The molecular weight excluding hydrogens is 494 g/mol. The smallest absolute Gasteiger partial charge is 0.326 e. The summed E-state index contributed by atoms with van der Waals surface area (Å²) < 4.78 is 0. The zero-order chi connectivity index (χ0) is 27.8. The van der Waals surface area contributed by atoms with Crippen molar-refractivity contribution in [3.05, 3.63) is 0 Å². The number of nitrogens with two attached hydrogens (primary N) is 3. The summed E-state index contributed by atoms with van der Waals surface area (Å²) in [7, 11) is 0. The second-order valence-corrected chi connectivity index (χ2v) is 9.44. The molecule has 0 saturated heterocycles. The number of carbonyl (C=O) groups excluding carboxylic acids is 3. The molecule has 0 radical (unpaired) electrons. The lowest BCUT2D eigenvalue weighted by molar-refractivity contribution is -0.143. The number of carboxylic acids is 2. The van der Waals surface area contributed by atoms with Crippen LogP contribution in [-0.4, -0.2) is 88.6 Å². The minimum absolute atomic E-state index is 0.00303. The third-order valence-corrected chi connectivity index (χ3v) is 5.75. The summed E-state index contributed by atoms with van der Waals surface area (Å²) in [6, 6.07) is -4.53. The Bertz CT molecular complexity index is 791. The van der Waals surface area contributed by atoms with Crippen molar-refractivity contribution in [2.75, 3.05) is 18.6 Å². The van der Waals surface area contributed by atoms with Gasteiger partial charge in [0.1, 0.15) is 18.1 Å².